The molecule has 0 N–H and O–H groups in total. The lowest BCUT2D eigenvalue weighted by Gasteiger charge is -2.58. The van der Waals surface area contributed by atoms with Crippen molar-refractivity contribution in [3.8, 4) is 0 Å². The molecule has 1 nitrogen and oxygen atoms in total. The second kappa shape index (κ2) is 6.10. The van der Waals surface area contributed by atoms with Crippen molar-refractivity contribution in [2.45, 2.75) is 85.5 Å². The predicted octanol–water partition coefficient (Wildman–Crippen LogP) is 6.49. The largest absolute Gasteiger partial charge is 0.295 e. The van der Waals surface area contributed by atoms with Crippen LogP contribution in [0.2, 0.25) is 0 Å². The molecule has 25 heavy (non-hydrogen) atoms. The highest BCUT2D eigenvalue weighted by atomic mass is 16.1. The van der Waals surface area contributed by atoms with Gasteiger partial charge in [0.05, 0.1) is 0 Å². The smallest absolute Gasteiger partial charge is 0.155 e. The van der Waals surface area contributed by atoms with E-state index < -0.39 is 0 Å². The Bertz CT molecular complexity index is 626. The lowest BCUT2D eigenvalue weighted by atomic mass is 9.46. The molecule has 138 valence electrons. The summed E-state index contributed by atoms with van der Waals surface area (Å²) in [6.45, 7) is 9.79. The molecular weight excluding hydrogens is 304 g/mol. The van der Waals surface area contributed by atoms with Crippen molar-refractivity contribution >= 4 is 5.78 Å². The summed E-state index contributed by atoms with van der Waals surface area (Å²) in [5, 5.41) is 0. The van der Waals surface area contributed by atoms with Crippen LogP contribution < -0.4 is 0 Å². The van der Waals surface area contributed by atoms with Crippen LogP contribution >= 0.6 is 0 Å². The molecule has 0 aromatic carbocycles. The molecule has 4 aliphatic carbocycles. The van der Waals surface area contributed by atoms with E-state index in [2.05, 4.69) is 33.8 Å². The molecule has 0 saturated heterocycles. The Hall–Kier alpha value is -0.850. The van der Waals surface area contributed by atoms with Gasteiger partial charge in [-0.2, -0.15) is 0 Å². The summed E-state index contributed by atoms with van der Waals surface area (Å²) < 4.78 is 0. The van der Waals surface area contributed by atoms with Crippen molar-refractivity contribution in [2.24, 2.45) is 34.5 Å². The van der Waals surface area contributed by atoms with Crippen LogP contribution in [0.4, 0.5) is 0 Å². The lowest BCUT2D eigenvalue weighted by Crippen LogP contribution is -2.50. The van der Waals surface area contributed by atoms with E-state index in [0.29, 0.717) is 16.6 Å². The first-order valence-corrected chi connectivity index (χ1v) is 10.8. The van der Waals surface area contributed by atoms with Crippen molar-refractivity contribution < 1.29 is 4.79 Å². The lowest BCUT2D eigenvalue weighted by molar-refractivity contribution is -0.117. The standard InChI is InChI=1S/C24H36O/c1-5-6-16(2)20-9-10-21-19-8-7-17-15-18(25)11-13-23(17,3)22(19)12-14-24(20,21)4/h6,15,19-22H,5,7-14H2,1-4H3/t19-,20+,21-,22-,23-,24+/m0/s1. The molecule has 6 atom stereocenters. The second-order valence-corrected chi connectivity index (χ2v) is 10.00. The molecule has 0 amide bonds. The van der Waals surface area contributed by atoms with Gasteiger partial charge in [0, 0.05) is 6.42 Å². The van der Waals surface area contributed by atoms with Gasteiger partial charge in [0.15, 0.2) is 5.78 Å². The fourth-order valence-electron chi connectivity index (χ4n) is 7.77. The number of rotatable bonds is 2. The van der Waals surface area contributed by atoms with E-state index in [9.17, 15) is 4.79 Å². The van der Waals surface area contributed by atoms with Crippen molar-refractivity contribution in [2.75, 3.05) is 0 Å². The van der Waals surface area contributed by atoms with Gasteiger partial charge < -0.3 is 0 Å². The molecule has 0 bridgehead atoms. The summed E-state index contributed by atoms with van der Waals surface area (Å²) in [6.07, 6.45) is 15.7. The minimum atomic E-state index is 0.324. The number of carbonyl (C=O) groups excluding carboxylic acids is 1. The Kier molecular flexibility index (Phi) is 4.28. The fraction of sp³-hybridized carbons (Fsp3) is 0.792. The molecule has 0 aromatic rings. The van der Waals surface area contributed by atoms with Crippen molar-refractivity contribution in [1.82, 2.24) is 0 Å². The number of allylic oxidation sites excluding steroid dienone is 3. The molecule has 0 spiro atoms. The van der Waals surface area contributed by atoms with E-state index in [1.54, 1.807) is 5.57 Å². The summed E-state index contributed by atoms with van der Waals surface area (Å²) >= 11 is 0. The summed E-state index contributed by atoms with van der Waals surface area (Å²) in [6, 6.07) is 0. The second-order valence-electron chi connectivity index (χ2n) is 10.00. The van der Waals surface area contributed by atoms with Crippen LogP contribution in [0.1, 0.15) is 85.5 Å². The molecule has 3 fully saturated rings. The van der Waals surface area contributed by atoms with E-state index in [1.807, 2.05) is 6.08 Å². The molecule has 0 aromatic heterocycles. The Balaban J connectivity index is 1.64. The Labute approximate surface area is 154 Å². The van der Waals surface area contributed by atoms with Gasteiger partial charge in [0.1, 0.15) is 0 Å². The molecule has 4 aliphatic rings. The zero-order valence-corrected chi connectivity index (χ0v) is 16.7. The minimum absolute atomic E-state index is 0.324. The Morgan fingerprint density at radius 3 is 2.68 bits per heavy atom. The maximum absolute atomic E-state index is 12.0. The SMILES string of the molecule is CCC=C(C)[C@H]1CC[C@H]2[C@@H]3CCC4=CC(=O)CC[C@]4(C)[C@H]3CC[C@]12C. The highest BCUT2D eigenvalue weighted by Crippen LogP contribution is 2.67. The molecule has 3 saturated carbocycles. The van der Waals surface area contributed by atoms with Crippen LogP contribution in [-0.2, 0) is 4.79 Å². The molecule has 0 unspecified atom stereocenters. The van der Waals surface area contributed by atoms with Gasteiger partial charge in [-0.15, -0.1) is 0 Å². The monoisotopic (exact) mass is 340 g/mol. The molecule has 1 heteroatoms. The first kappa shape index (κ1) is 17.6. The minimum Gasteiger partial charge on any atom is -0.295 e. The van der Waals surface area contributed by atoms with Crippen LogP contribution in [0.5, 0.6) is 0 Å². The molecule has 0 heterocycles. The fourth-order valence-corrected chi connectivity index (χ4v) is 7.77. The zero-order valence-electron chi connectivity index (χ0n) is 16.7. The molecule has 4 rings (SSSR count). The predicted molar refractivity (Wildman–Crippen MR) is 104 cm³/mol. The van der Waals surface area contributed by atoms with Crippen LogP contribution in [-0.4, -0.2) is 5.78 Å². The summed E-state index contributed by atoms with van der Waals surface area (Å²) in [4.78, 5) is 12.0. The third kappa shape index (κ3) is 2.52. The molecular formula is C24H36O. The Morgan fingerprint density at radius 2 is 1.92 bits per heavy atom. The van der Waals surface area contributed by atoms with Crippen LogP contribution in [0.25, 0.3) is 0 Å². The van der Waals surface area contributed by atoms with Gasteiger partial charge in [0.25, 0.3) is 0 Å². The van der Waals surface area contributed by atoms with E-state index in [0.717, 1.165) is 36.5 Å². The number of ketones is 1. The molecule has 0 radical (unpaired) electrons. The van der Waals surface area contributed by atoms with Crippen LogP contribution in [0.15, 0.2) is 23.3 Å². The zero-order chi connectivity index (χ0) is 17.8. The van der Waals surface area contributed by atoms with Crippen LogP contribution in [0, 0.1) is 34.5 Å². The third-order valence-electron chi connectivity index (χ3n) is 9.04. The van der Waals surface area contributed by atoms with Gasteiger partial charge >= 0.3 is 0 Å². The van der Waals surface area contributed by atoms with Crippen molar-refractivity contribution in [3.05, 3.63) is 23.3 Å². The first-order valence-electron chi connectivity index (χ1n) is 10.8. The quantitative estimate of drug-likeness (QED) is 0.525. The molecule has 0 aliphatic heterocycles. The summed E-state index contributed by atoms with van der Waals surface area (Å²) in [7, 11) is 0. The Morgan fingerprint density at radius 1 is 1.12 bits per heavy atom. The van der Waals surface area contributed by atoms with Gasteiger partial charge in [0.2, 0.25) is 0 Å². The topological polar surface area (TPSA) is 17.1 Å². The van der Waals surface area contributed by atoms with Crippen molar-refractivity contribution in [3.63, 3.8) is 0 Å². The van der Waals surface area contributed by atoms with Crippen molar-refractivity contribution in [1.29, 1.82) is 0 Å². The highest BCUT2D eigenvalue weighted by molar-refractivity contribution is 5.91. The maximum atomic E-state index is 12.0. The van der Waals surface area contributed by atoms with E-state index >= 15 is 0 Å². The first-order chi connectivity index (χ1) is 11.9. The third-order valence-corrected chi connectivity index (χ3v) is 9.04. The average molecular weight is 341 g/mol. The highest BCUT2D eigenvalue weighted by Gasteiger charge is 2.58. The summed E-state index contributed by atoms with van der Waals surface area (Å²) in [5.41, 5.74) is 4.02. The van der Waals surface area contributed by atoms with E-state index in [1.165, 1.54) is 50.5 Å². The average Bonchev–Trinajstić information content (AvgIpc) is 2.93. The van der Waals surface area contributed by atoms with E-state index in [-0.39, 0.29) is 0 Å². The maximum Gasteiger partial charge on any atom is 0.155 e. The number of hydrogen-bond acceptors (Lipinski definition) is 1. The van der Waals surface area contributed by atoms with Gasteiger partial charge in [-0.25, -0.2) is 0 Å². The van der Waals surface area contributed by atoms with E-state index in [4.69, 9.17) is 0 Å². The number of hydrogen-bond donors (Lipinski definition) is 0. The van der Waals surface area contributed by atoms with Gasteiger partial charge in [-0.05, 0) is 98.9 Å². The van der Waals surface area contributed by atoms with Gasteiger partial charge in [-0.1, -0.05) is 38.0 Å². The number of carbonyl (C=O) groups is 1. The number of fused-ring (bicyclic) bond motifs is 5. The van der Waals surface area contributed by atoms with Crippen LogP contribution in [0.3, 0.4) is 0 Å². The summed E-state index contributed by atoms with van der Waals surface area (Å²) in [5.74, 6) is 3.83. The normalized spacial score (nSPS) is 47.0. The van der Waals surface area contributed by atoms with Gasteiger partial charge in [-0.3, -0.25) is 4.79 Å².